The van der Waals surface area contributed by atoms with Crippen molar-refractivity contribution in [3.63, 3.8) is 0 Å². The van der Waals surface area contributed by atoms with Gasteiger partial charge in [-0.1, -0.05) is 23.7 Å². The summed E-state index contributed by atoms with van der Waals surface area (Å²) in [5, 5.41) is 9.14. The van der Waals surface area contributed by atoms with Crippen LogP contribution < -0.4 is 0 Å². The zero-order valence-electron chi connectivity index (χ0n) is 9.92. The highest BCUT2D eigenvalue weighted by Crippen LogP contribution is 2.29. The lowest BCUT2D eigenvalue weighted by Crippen LogP contribution is -2.29. The van der Waals surface area contributed by atoms with Gasteiger partial charge >= 0.3 is 0 Å². The summed E-state index contributed by atoms with van der Waals surface area (Å²) in [6, 6.07) is 6.48. The Balaban J connectivity index is 2.21. The predicted octanol–water partition coefficient (Wildman–Crippen LogP) is 1.73. The zero-order valence-corrected chi connectivity index (χ0v) is 11.5. The minimum Gasteiger partial charge on any atom is -0.396 e. The number of halogens is 1. The van der Waals surface area contributed by atoms with Gasteiger partial charge in [-0.15, -0.1) is 0 Å². The molecule has 2 rings (SSSR count). The normalized spacial score (nSPS) is 21.3. The van der Waals surface area contributed by atoms with Crippen molar-refractivity contribution in [3.05, 3.63) is 29.3 Å². The van der Waals surface area contributed by atoms with E-state index < -0.39 is 10.0 Å². The molecule has 0 saturated carbocycles. The van der Waals surface area contributed by atoms with E-state index in [-0.39, 0.29) is 22.4 Å². The maximum absolute atomic E-state index is 12.4. The molecule has 1 atom stereocenters. The quantitative estimate of drug-likeness (QED) is 0.918. The second-order valence-corrected chi connectivity index (χ2v) is 6.77. The van der Waals surface area contributed by atoms with Crippen molar-refractivity contribution in [2.75, 3.05) is 19.7 Å². The maximum atomic E-state index is 12.4. The number of aliphatic hydroxyl groups is 1. The van der Waals surface area contributed by atoms with E-state index in [1.165, 1.54) is 10.4 Å². The van der Waals surface area contributed by atoms with Gasteiger partial charge in [0.2, 0.25) is 10.0 Å². The van der Waals surface area contributed by atoms with Crippen molar-refractivity contribution in [2.24, 2.45) is 5.92 Å². The largest absolute Gasteiger partial charge is 0.396 e. The average molecular weight is 290 g/mol. The fourth-order valence-corrected chi connectivity index (χ4v) is 4.25. The molecule has 100 valence electrons. The first-order chi connectivity index (χ1) is 8.55. The van der Waals surface area contributed by atoms with Crippen LogP contribution in [0, 0.1) is 5.92 Å². The van der Waals surface area contributed by atoms with Crippen LogP contribution in [0.1, 0.15) is 12.8 Å². The number of rotatable bonds is 4. The summed E-state index contributed by atoms with van der Waals surface area (Å²) in [5.74, 6) is 0.243. The molecule has 4 nitrogen and oxygen atoms in total. The Bertz CT molecular complexity index is 518. The summed E-state index contributed by atoms with van der Waals surface area (Å²) in [5.41, 5.74) is 0. The number of benzene rings is 1. The lowest BCUT2D eigenvalue weighted by Gasteiger charge is -2.17. The van der Waals surface area contributed by atoms with E-state index in [1.54, 1.807) is 18.2 Å². The monoisotopic (exact) mass is 289 g/mol. The third kappa shape index (κ3) is 2.69. The molecule has 0 radical (unpaired) electrons. The highest BCUT2D eigenvalue weighted by molar-refractivity contribution is 7.89. The molecular weight excluding hydrogens is 274 g/mol. The van der Waals surface area contributed by atoms with Gasteiger partial charge in [0, 0.05) is 19.7 Å². The van der Waals surface area contributed by atoms with E-state index in [1.807, 2.05) is 0 Å². The lowest BCUT2D eigenvalue weighted by molar-refractivity contribution is 0.259. The second-order valence-electron chi connectivity index (χ2n) is 4.46. The molecule has 1 N–H and O–H groups in total. The third-order valence-corrected chi connectivity index (χ3v) is 5.61. The van der Waals surface area contributed by atoms with Crippen LogP contribution in [-0.4, -0.2) is 37.5 Å². The van der Waals surface area contributed by atoms with Crippen molar-refractivity contribution in [1.82, 2.24) is 4.31 Å². The van der Waals surface area contributed by atoms with Gasteiger partial charge in [0.25, 0.3) is 0 Å². The molecule has 1 unspecified atom stereocenters. The van der Waals surface area contributed by atoms with Gasteiger partial charge < -0.3 is 5.11 Å². The van der Waals surface area contributed by atoms with Crippen LogP contribution in [0.2, 0.25) is 5.02 Å². The smallest absolute Gasteiger partial charge is 0.244 e. The topological polar surface area (TPSA) is 57.6 Å². The number of hydrogen-bond donors (Lipinski definition) is 1. The Morgan fingerprint density at radius 2 is 2.11 bits per heavy atom. The number of sulfonamides is 1. The van der Waals surface area contributed by atoms with E-state index in [9.17, 15) is 8.42 Å². The van der Waals surface area contributed by atoms with Crippen LogP contribution >= 0.6 is 11.6 Å². The first kappa shape index (κ1) is 13.8. The van der Waals surface area contributed by atoms with Gasteiger partial charge in [-0.2, -0.15) is 4.31 Å². The Hall–Kier alpha value is -0.620. The number of nitrogens with zero attached hydrogens (tertiary/aromatic N) is 1. The molecule has 1 saturated heterocycles. The number of aliphatic hydroxyl groups excluding tert-OH is 1. The summed E-state index contributed by atoms with van der Waals surface area (Å²) in [4.78, 5) is 0.163. The zero-order chi connectivity index (χ0) is 13.2. The Kier molecular flexibility index (Phi) is 4.27. The summed E-state index contributed by atoms with van der Waals surface area (Å²) < 4.78 is 26.2. The van der Waals surface area contributed by atoms with Crippen molar-refractivity contribution in [1.29, 1.82) is 0 Å². The summed E-state index contributed by atoms with van der Waals surface area (Å²) >= 11 is 5.94. The van der Waals surface area contributed by atoms with E-state index in [0.29, 0.717) is 19.5 Å². The van der Waals surface area contributed by atoms with E-state index >= 15 is 0 Å². The molecule has 0 spiro atoms. The molecule has 0 aliphatic carbocycles. The molecule has 1 aliphatic rings. The summed E-state index contributed by atoms with van der Waals surface area (Å²) in [6.45, 7) is 1.07. The van der Waals surface area contributed by atoms with Crippen LogP contribution in [0.3, 0.4) is 0 Å². The van der Waals surface area contributed by atoms with Gasteiger partial charge in [0.15, 0.2) is 0 Å². The molecule has 1 heterocycles. The number of hydrogen-bond acceptors (Lipinski definition) is 3. The lowest BCUT2D eigenvalue weighted by atomic mass is 10.1. The fraction of sp³-hybridized carbons (Fsp3) is 0.500. The Labute approximate surface area is 112 Å². The van der Waals surface area contributed by atoms with Crippen LogP contribution in [0.15, 0.2) is 29.2 Å². The van der Waals surface area contributed by atoms with Crippen LogP contribution in [-0.2, 0) is 10.0 Å². The van der Waals surface area contributed by atoms with E-state index in [2.05, 4.69) is 0 Å². The van der Waals surface area contributed by atoms with Crippen molar-refractivity contribution >= 4 is 21.6 Å². The molecule has 18 heavy (non-hydrogen) atoms. The summed E-state index contributed by atoms with van der Waals surface area (Å²) in [6.07, 6.45) is 1.44. The van der Waals surface area contributed by atoms with Gasteiger partial charge in [-0.05, 0) is 30.9 Å². The standard InChI is InChI=1S/C12H16ClNO3S/c13-11-3-1-2-4-12(11)18(16,17)14-7-5-10(9-14)6-8-15/h1-4,10,15H,5-9H2. The van der Waals surface area contributed by atoms with E-state index in [4.69, 9.17) is 16.7 Å². The Morgan fingerprint density at radius 3 is 2.78 bits per heavy atom. The van der Waals surface area contributed by atoms with Crippen molar-refractivity contribution in [2.45, 2.75) is 17.7 Å². The molecular formula is C12H16ClNO3S. The SMILES string of the molecule is O=S(=O)(c1ccccc1Cl)N1CCC(CCO)C1. The minimum absolute atomic E-state index is 0.102. The third-order valence-electron chi connectivity index (χ3n) is 3.24. The highest BCUT2D eigenvalue weighted by atomic mass is 35.5. The van der Waals surface area contributed by atoms with Gasteiger partial charge in [-0.3, -0.25) is 0 Å². The molecule has 0 amide bonds. The average Bonchev–Trinajstić information content (AvgIpc) is 2.79. The van der Waals surface area contributed by atoms with Gasteiger partial charge in [0.1, 0.15) is 4.90 Å². The molecule has 6 heteroatoms. The van der Waals surface area contributed by atoms with Crippen LogP contribution in [0.25, 0.3) is 0 Å². The van der Waals surface area contributed by atoms with E-state index in [0.717, 1.165) is 6.42 Å². The molecule has 1 aromatic carbocycles. The van der Waals surface area contributed by atoms with Crippen molar-refractivity contribution < 1.29 is 13.5 Å². The minimum atomic E-state index is -3.50. The second kappa shape index (κ2) is 5.57. The fourth-order valence-electron chi connectivity index (χ4n) is 2.23. The molecule has 0 bridgehead atoms. The van der Waals surface area contributed by atoms with Gasteiger partial charge in [-0.25, -0.2) is 8.42 Å². The molecule has 1 aromatic rings. The summed E-state index contributed by atoms with van der Waals surface area (Å²) in [7, 11) is -3.50. The first-order valence-electron chi connectivity index (χ1n) is 5.91. The van der Waals surface area contributed by atoms with Gasteiger partial charge in [0.05, 0.1) is 5.02 Å². The predicted molar refractivity (Wildman–Crippen MR) is 70.0 cm³/mol. The first-order valence-corrected chi connectivity index (χ1v) is 7.73. The molecule has 1 aliphatic heterocycles. The maximum Gasteiger partial charge on any atom is 0.244 e. The highest BCUT2D eigenvalue weighted by Gasteiger charge is 2.33. The molecule has 0 aromatic heterocycles. The van der Waals surface area contributed by atoms with Crippen LogP contribution in [0.4, 0.5) is 0 Å². The Morgan fingerprint density at radius 1 is 1.39 bits per heavy atom. The molecule has 1 fully saturated rings. The van der Waals surface area contributed by atoms with Crippen molar-refractivity contribution in [3.8, 4) is 0 Å². The van der Waals surface area contributed by atoms with Crippen LogP contribution in [0.5, 0.6) is 0 Å².